The Morgan fingerprint density at radius 2 is 2.18 bits per heavy atom. The van der Waals surface area contributed by atoms with Gasteiger partial charge in [0.15, 0.2) is 0 Å². The Morgan fingerprint density at radius 3 is 2.53 bits per heavy atom. The lowest BCUT2D eigenvalue weighted by Gasteiger charge is -2.28. The Bertz CT molecular complexity index is 382. The number of pyridine rings is 1. The number of carbonyl (C=O) groups excluding carboxylic acids is 1. The SMILES string of the molecule is CCN(CC(C)(C)O)c1ccc(C(N)=O)cn1. The van der Waals surface area contributed by atoms with Crippen molar-refractivity contribution in [3.63, 3.8) is 0 Å². The van der Waals surface area contributed by atoms with Crippen molar-refractivity contribution in [3.8, 4) is 0 Å². The molecule has 17 heavy (non-hydrogen) atoms. The average molecular weight is 237 g/mol. The number of hydrogen-bond donors (Lipinski definition) is 2. The van der Waals surface area contributed by atoms with Crippen molar-refractivity contribution < 1.29 is 9.90 Å². The van der Waals surface area contributed by atoms with Crippen molar-refractivity contribution in [3.05, 3.63) is 23.9 Å². The summed E-state index contributed by atoms with van der Waals surface area (Å²) in [6.45, 7) is 6.68. The number of anilines is 1. The zero-order valence-corrected chi connectivity index (χ0v) is 10.5. The number of carbonyl (C=O) groups is 1. The van der Waals surface area contributed by atoms with Crippen LogP contribution in [0.3, 0.4) is 0 Å². The minimum atomic E-state index is -0.792. The molecule has 0 aliphatic heterocycles. The van der Waals surface area contributed by atoms with Crippen LogP contribution >= 0.6 is 0 Å². The van der Waals surface area contributed by atoms with E-state index in [9.17, 15) is 9.90 Å². The van der Waals surface area contributed by atoms with Crippen LogP contribution in [0, 0.1) is 0 Å². The van der Waals surface area contributed by atoms with Gasteiger partial charge in [-0.25, -0.2) is 4.98 Å². The number of likely N-dealkylation sites (N-methyl/N-ethyl adjacent to an activating group) is 1. The number of nitrogens with two attached hydrogens (primary N) is 1. The van der Waals surface area contributed by atoms with Crippen LogP contribution in [-0.4, -0.2) is 34.7 Å². The fraction of sp³-hybridized carbons (Fsp3) is 0.500. The minimum Gasteiger partial charge on any atom is -0.389 e. The van der Waals surface area contributed by atoms with E-state index in [1.807, 2.05) is 11.8 Å². The van der Waals surface area contributed by atoms with E-state index < -0.39 is 11.5 Å². The summed E-state index contributed by atoms with van der Waals surface area (Å²) in [6.07, 6.45) is 1.45. The van der Waals surface area contributed by atoms with Crippen LogP contribution in [0.4, 0.5) is 5.82 Å². The van der Waals surface area contributed by atoms with Gasteiger partial charge >= 0.3 is 0 Å². The van der Waals surface area contributed by atoms with Gasteiger partial charge in [-0.15, -0.1) is 0 Å². The van der Waals surface area contributed by atoms with Gasteiger partial charge in [-0.05, 0) is 32.9 Å². The number of aromatic nitrogens is 1. The number of nitrogens with zero attached hydrogens (tertiary/aromatic N) is 2. The van der Waals surface area contributed by atoms with E-state index >= 15 is 0 Å². The topological polar surface area (TPSA) is 79.5 Å². The molecule has 5 heteroatoms. The molecule has 0 aliphatic carbocycles. The third-order valence-electron chi connectivity index (χ3n) is 2.32. The lowest BCUT2D eigenvalue weighted by Crippen LogP contribution is -2.39. The monoisotopic (exact) mass is 237 g/mol. The lowest BCUT2D eigenvalue weighted by atomic mass is 10.1. The van der Waals surface area contributed by atoms with Crippen LogP contribution in [0.1, 0.15) is 31.1 Å². The molecule has 0 saturated heterocycles. The first kappa shape index (κ1) is 13.4. The van der Waals surface area contributed by atoms with E-state index in [4.69, 9.17) is 5.73 Å². The first-order valence-corrected chi connectivity index (χ1v) is 5.56. The van der Waals surface area contributed by atoms with Gasteiger partial charge < -0.3 is 15.7 Å². The molecule has 0 saturated carbocycles. The fourth-order valence-corrected chi connectivity index (χ4v) is 1.54. The summed E-state index contributed by atoms with van der Waals surface area (Å²) >= 11 is 0. The summed E-state index contributed by atoms with van der Waals surface area (Å²) in [5.74, 6) is 0.231. The molecule has 0 bridgehead atoms. The first-order chi connectivity index (χ1) is 7.83. The van der Waals surface area contributed by atoms with E-state index in [-0.39, 0.29) is 0 Å². The fourth-order valence-electron chi connectivity index (χ4n) is 1.54. The zero-order valence-electron chi connectivity index (χ0n) is 10.5. The molecule has 0 fully saturated rings. The van der Waals surface area contributed by atoms with Gasteiger partial charge in [0, 0.05) is 19.3 Å². The van der Waals surface area contributed by atoms with E-state index in [2.05, 4.69) is 4.98 Å². The summed E-state index contributed by atoms with van der Waals surface area (Å²) in [5, 5.41) is 9.78. The Morgan fingerprint density at radius 1 is 1.53 bits per heavy atom. The highest BCUT2D eigenvalue weighted by molar-refractivity contribution is 5.92. The number of hydrogen-bond acceptors (Lipinski definition) is 4. The number of amides is 1. The van der Waals surface area contributed by atoms with Crippen molar-refractivity contribution >= 4 is 11.7 Å². The molecule has 3 N–H and O–H groups in total. The molecule has 1 rings (SSSR count). The quantitative estimate of drug-likeness (QED) is 0.793. The van der Waals surface area contributed by atoms with Crippen molar-refractivity contribution in [2.75, 3.05) is 18.0 Å². The summed E-state index contributed by atoms with van der Waals surface area (Å²) in [5.41, 5.74) is 4.73. The summed E-state index contributed by atoms with van der Waals surface area (Å²) < 4.78 is 0. The Hall–Kier alpha value is -1.62. The van der Waals surface area contributed by atoms with Crippen molar-refractivity contribution in [2.45, 2.75) is 26.4 Å². The van der Waals surface area contributed by atoms with Gasteiger partial charge in [-0.3, -0.25) is 4.79 Å². The van der Waals surface area contributed by atoms with Crippen LogP contribution in [-0.2, 0) is 0 Å². The van der Waals surface area contributed by atoms with Crippen LogP contribution in [0.2, 0.25) is 0 Å². The smallest absolute Gasteiger partial charge is 0.250 e. The molecular formula is C12H19N3O2. The second-order valence-corrected chi connectivity index (χ2v) is 4.60. The maximum absolute atomic E-state index is 10.9. The molecule has 0 spiro atoms. The van der Waals surface area contributed by atoms with Crippen LogP contribution in [0.15, 0.2) is 18.3 Å². The van der Waals surface area contributed by atoms with E-state index in [0.717, 1.165) is 12.4 Å². The van der Waals surface area contributed by atoms with E-state index in [1.54, 1.807) is 26.0 Å². The number of rotatable bonds is 5. The zero-order chi connectivity index (χ0) is 13.1. The van der Waals surface area contributed by atoms with Crippen LogP contribution in [0.5, 0.6) is 0 Å². The van der Waals surface area contributed by atoms with Crippen LogP contribution < -0.4 is 10.6 Å². The largest absolute Gasteiger partial charge is 0.389 e. The Labute approximate surface area is 101 Å². The van der Waals surface area contributed by atoms with Gasteiger partial charge in [-0.1, -0.05) is 0 Å². The number of primary amides is 1. The second-order valence-electron chi connectivity index (χ2n) is 4.60. The Kier molecular flexibility index (Phi) is 4.07. The standard InChI is InChI=1S/C12H19N3O2/c1-4-15(8-12(2,3)17)10-6-5-9(7-14-10)11(13)16/h5-7,17H,4,8H2,1-3H3,(H2,13,16). The maximum Gasteiger partial charge on any atom is 0.250 e. The molecular weight excluding hydrogens is 218 g/mol. The molecule has 1 aromatic heterocycles. The molecule has 5 nitrogen and oxygen atoms in total. The molecule has 1 heterocycles. The number of aliphatic hydroxyl groups is 1. The van der Waals surface area contributed by atoms with Gasteiger partial charge in [0.25, 0.3) is 0 Å². The molecule has 94 valence electrons. The van der Waals surface area contributed by atoms with Crippen molar-refractivity contribution in [1.29, 1.82) is 0 Å². The summed E-state index contributed by atoms with van der Waals surface area (Å²) in [4.78, 5) is 17.0. The van der Waals surface area contributed by atoms with Gasteiger partial charge in [-0.2, -0.15) is 0 Å². The molecule has 0 atom stereocenters. The molecule has 0 radical (unpaired) electrons. The highest BCUT2D eigenvalue weighted by Crippen LogP contribution is 2.14. The third kappa shape index (κ3) is 4.03. The highest BCUT2D eigenvalue weighted by atomic mass is 16.3. The molecule has 1 aromatic rings. The Balaban J connectivity index is 2.86. The second kappa shape index (κ2) is 5.14. The van der Waals surface area contributed by atoms with Crippen molar-refractivity contribution in [2.24, 2.45) is 5.73 Å². The highest BCUT2D eigenvalue weighted by Gasteiger charge is 2.18. The third-order valence-corrected chi connectivity index (χ3v) is 2.32. The predicted molar refractivity (Wildman–Crippen MR) is 66.9 cm³/mol. The summed E-state index contributed by atoms with van der Waals surface area (Å²) in [6, 6.07) is 3.37. The lowest BCUT2D eigenvalue weighted by molar-refractivity contribution is 0.0873. The maximum atomic E-state index is 10.9. The minimum absolute atomic E-state index is 0.382. The molecule has 0 aliphatic rings. The van der Waals surface area contributed by atoms with Gasteiger partial charge in [0.2, 0.25) is 5.91 Å². The molecule has 0 unspecified atom stereocenters. The van der Waals surface area contributed by atoms with Gasteiger partial charge in [0.1, 0.15) is 5.82 Å². The summed E-state index contributed by atoms with van der Waals surface area (Å²) in [7, 11) is 0. The van der Waals surface area contributed by atoms with E-state index in [1.165, 1.54) is 6.20 Å². The van der Waals surface area contributed by atoms with Crippen LogP contribution in [0.25, 0.3) is 0 Å². The molecule has 1 amide bonds. The molecule has 0 aromatic carbocycles. The normalized spacial score (nSPS) is 11.3. The predicted octanol–water partition coefficient (Wildman–Crippen LogP) is 0.778. The first-order valence-electron chi connectivity index (χ1n) is 5.56. The van der Waals surface area contributed by atoms with Gasteiger partial charge in [0.05, 0.1) is 11.2 Å². The van der Waals surface area contributed by atoms with E-state index in [0.29, 0.717) is 12.1 Å². The van der Waals surface area contributed by atoms with Crippen molar-refractivity contribution in [1.82, 2.24) is 4.98 Å². The average Bonchev–Trinajstić information content (AvgIpc) is 2.25.